The Morgan fingerprint density at radius 2 is 2.00 bits per heavy atom. The molecule has 0 unspecified atom stereocenters. The van der Waals surface area contributed by atoms with Crippen LogP contribution in [0.4, 0.5) is 0 Å². The van der Waals surface area contributed by atoms with Crippen molar-refractivity contribution in [2.75, 3.05) is 0 Å². The number of benzene rings is 1. The highest BCUT2D eigenvalue weighted by atomic mass is 35.5. The number of hydrogen-bond donors (Lipinski definition) is 0. The van der Waals surface area contributed by atoms with Gasteiger partial charge in [-0.05, 0) is 19.1 Å². The predicted molar refractivity (Wildman–Crippen MR) is 64.6 cm³/mol. The first-order valence-electron chi connectivity index (χ1n) is 4.60. The van der Waals surface area contributed by atoms with Crippen LogP contribution in [-0.2, 0) is 0 Å². The zero-order valence-corrected chi connectivity index (χ0v) is 9.96. The Morgan fingerprint density at radius 3 is 2.69 bits per heavy atom. The lowest BCUT2D eigenvalue weighted by atomic mass is 10.3. The van der Waals surface area contributed by atoms with Gasteiger partial charge in [-0.3, -0.25) is 9.36 Å². The van der Waals surface area contributed by atoms with Gasteiger partial charge in [-0.1, -0.05) is 29.3 Å². The maximum absolute atomic E-state index is 11.7. The van der Waals surface area contributed by atoms with Crippen molar-refractivity contribution in [2.24, 2.45) is 0 Å². The van der Waals surface area contributed by atoms with Crippen molar-refractivity contribution >= 4 is 23.2 Å². The molecule has 0 aliphatic rings. The highest BCUT2D eigenvalue weighted by Crippen LogP contribution is 2.27. The molecule has 0 saturated carbocycles. The van der Waals surface area contributed by atoms with Gasteiger partial charge in [0.25, 0.3) is 5.56 Å². The van der Waals surface area contributed by atoms with Crippen molar-refractivity contribution in [3.8, 4) is 5.69 Å². The van der Waals surface area contributed by atoms with Crippen molar-refractivity contribution in [2.45, 2.75) is 6.92 Å². The van der Waals surface area contributed by atoms with Crippen molar-refractivity contribution in [3.05, 3.63) is 56.7 Å². The van der Waals surface area contributed by atoms with Gasteiger partial charge in [0.05, 0.1) is 15.7 Å². The summed E-state index contributed by atoms with van der Waals surface area (Å²) in [5.41, 5.74) is 0.362. The van der Waals surface area contributed by atoms with Gasteiger partial charge in [0.15, 0.2) is 0 Å². The van der Waals surface area contributed by atoms with Crippen molar-refractivity contribution in [1.82, 2.24) is 9.55 Å². The number of aryl methyl sites for hydroxylation is 1. The standard InChI is InChI=1S/C11H8Cl2N2O/c1-7-14-6-5-10(16)15(7)9-4-2-3-8(12)11(9)13/h2-6H,1H3. The van der Waals surface area contributed by atoms with E-state index in [1.54, 1.807) is 25.1 Å². The van der Waals surface area contributed by atoms with Gasteiger partial charge in [0.1, 0.15) is 5.82 Å². The van der Waals surface area contributed by atoms with E-state index in [1.807, 2.05) is 0 Å². The number of halogens is 2. The molecule has 0 N–H and O–H groups in total. The fourth-order valence-electron chi connectivity index (χ4n) is 1.46. The maximum Gasteiger partial charge on any atom is 0.258 e. The van der Waals surface area contributed by atoms with Crippen LogP contribution in [0.25, 0.3) is 5.69 Å². The van der Waals surface area contributed by atoms with E-state index in [0.29, 0.717) is 21.6 Å². The summed E-state index contributed by atoms with van der Waals surface area (Å²) >= 11 is 12.0. The molecule has 0 atom stereocenters. The highest BCUT2D eigenvalue weighted by Gasteiger charge is 2.09. The Labute approximate surface area is 102 Å². The molecule has 0 saturated heterocycles. The minimum absolute atomic E-state index is 0.184. The minimum atomic E-state index is -0.184. The average Bonchev–Trinajstić information content (AvgIpc) is 2.24. The van der Waals surface area contributed by atoms with Crippen LogP contribution in [0.1, 0.15) is 5.82 Å². The average molecular weight is 255 g/mol. The molecule has 82 valence electrons. The minimum Gasteiger partial charge on any atom is -0.269 e. The summed E-state index contributed by atoms with van der Waals surface area (Å²) in [6.07, 6.45) is 1.46. The third-order valence-electron chi connectivity index (χ3n) is 2.19. The Kier molecular flexibility index (Phi) is 2.99. The third kappa shape index (κ3) is 1.84. The van der Waals surface area contributed by atoms with Crippen LogP contribution in [0.2, 0.25) is 10.0 Å². The van der Waals surface area contributed by atoms with E-state index in [4.69, 9.17) is 23.2 Å². The van der Waals surface area contributed by atoms with Gasteiger partial charge in [-0.15, -0.1) is 0 Å². The number of hydrogen-bond acceptors (Lipinski definition) is 2. The molecular weight excluding hydrogens is 247 g/mol. The van der Waals surface area contributed by atoms with Crippen LogP contribution >= 0.6 is 23.2 Å². The van der Waals surface area contributed by atoms with Crippen LogP contribution in [0, 0.1) is 6.92 Å². The van der Waals surface area contributed by atoms with E-state index in [1.165, 1.54) is 16.8 Å². The highest BCUT2D eigenvalue weighted by molar-refractivity contribution is 6.43. The number of aromatic nitrogens is 2. The smallest absolute Gasteiger partial charge is 0.258 e. The monoisotopic (exact) mass is 254 g/mol. The molecule has 0 aliphatic carbocycles. The van der Waals surface area contributed by atoms with Gasteiger partial charge in [0.2, 0.25) is 0 Å². The first-order valence-corrected chi connectivity index (χ1v) is 5.36. The van der Waals surface area contributed by atoms with E-state index in [2.05, 4.69) is 4.98 Å². The van der Waals surface area contributed by atoms with Gasteiger partial charge < -0.3 is 0 Å². The molecule has 0 aliphatic heterocycles. The van der Waals surface area contributed by atoms with Gasteiger partial charge in [0, 0.05) is 12.3 Å². The molecule has 2 aromatic rings. The molecule has 3 nitrogen and oxygen atoms in total. The van der Waals surface area contributed by atoms with Crippen molar-refractivity contribution < 1.29 is 0 Å². The Hall–Kier alpha value is -1.32. The zero-order chi connectivity index (χ0) is 11.7. The largest absolute Gasteiger partial charge is 0.269 e. The summed E-state index contributed by atoms with van der Waals surface area (Å²) in [5, 5.41) is 0.761. The summed E-state index contributed by atoms with van der Waals surface area (Å²) in [4.78, 5) is 15.8. The van der Waals surface area contributed by atoms with Crippen LogP contribution in [-0.4, -0.2) is 9.55 Å². The van der Waals surface area contributed by atoms with E-state index in [9.17, 15) is 4.79 Å². The second kappa shape index (κ2) is 4.28. The SMILES string of the molecule is Cc1nccc(=O)n1-c1cccc(Cl)c1Cl. The molecule has 0 spiro atoms. The van der Waals surface area contributed by atoms with Crippen LogP contribution in [0.5, 0.6) is 0 Å². The molecule has 2 rings (SSSR count). The molecule has 5 heteroatoms. The summed E-state index contributed by atoms with van der Waals surface area (Å²) in [7, 11) is 0. The molecule has 16 heavy (non-hydrogen) atoms. The van der Waals surface area contributed by atoms with Gasteiger partial charge in [-0.2, -0.15) is 0 Å². The molecule has 0 fully saturated rings. The van der Waals surface area contributed by atoms with E-state index < -0.39 is 0 Å². The van der Waals surface area contributed by atoms with Crippen molar-refractivity contribution in [3.63, 3.8) is 0 Å². The Balaban J connectivity index is 2.78. The molecule has 0 radical (unpaired) electrons. The molecule has 0 bridgehead atoms. The maximum atomic E-state index is 11.7. The molecule has 0 amide bonds. The topological polar surface area (TPSA) is 34.9 Å². The normalized spacial score (nSPS) is 10.4. The lowest BCUT2D eigenvalue weighted by Gasteiger charge is -2.10. The van der Waals surface area contributed by atoms with E-state index in [-0.39, 0.29) is 5.56 Å². The fraction of sp³-hybridized carbons (Fsp3) is 0.0909. The summed E-state index contributed by atoms with van der Waals surface area (Å²) in [6.45, 7) is 1.73. The van der Waals surface area contributed by atoms with Gasteiger partial charge in [-0.25, -0.2) is 4.98 Å². The number of nitrogens with zero attached hydrogens (tertiary/aromatic N) is 2. The Morgan fingerprint density at radius 1 is 1.25 bits per heavy atom. The van der Waals surface area contributed by atoms with E-state index in [0.717, 1.165) is 0 Å². The van der Waals surface area contributed by atoms with Crippen molar-refractivity contribution in [1.29, 1.82) is 0 Å². The van der Waals surface area contributed by atoms with Gasteiger partial charge >= 0.3 is 0 Å². The molecular formula is C11H8Cl2N2O. The summed E-state index contributed by atoms with van der Waals surface area (Å²) < 4.78 is 1.42. The van der Waals surface area contributed by atoms with Crippen LogP contribution in [0.15, 0.2) is 35.3 Å². The Bertz CT molecular complexity index is 593. The zero-order valence-electron chi connectivity index (χ0n) is 8.45. The summed E-state index contributed by atoms with van der Waals surface area (Å²) in [5.74, 6) is 0.566. The van der Waals surface area contributed by atoms with Crippen LogP contribution in [0.3, 0.4) is 0 Å². The second-order valence-corrected chi connectivity index (χ2v) is 4.02. The van der Waals surface area contributed by atoms with Crippen LogP contribution < -0.4 is 5.56 Å². The second-order valence-electron chi connectivity index (χ2n) is 3.24. The first-order chi connectivity index (χ1) is 7.61. The summed E-state index contributed by atoms with van der Waals surface area (Å²) in [6, 6.07) is 6.51. The molecule has 1 aromatic heterocycles. The van der Waals surface area contributed by atoms with E-state index >= 15 is 0 Å². The first kappa shape index (κ1) is 11.2. The predicted octanol–water partition coefficient (Wildman–Crippen LogP) is 2.85. The third-order valence-corrected chi connectivity index (χ3v) is 3.00. The molecule has 1 aromatic carbocycles. The molecule has 1 heterocycles. The number of rotatable bonds is 1. The lowest BCUT2D eigenvalue weighted by molar-refractivity contribution is 0.870. The quantitative estimate of drug-likeness (QED) is 0.785. The lowest BCUT2D eigenvalue weighted by Crippen LogP contribution is -2.20. The fourth-order valence-corrected chi connectivity index (χ4v) is 1.84.